The molecule has 2 aromatic rings. The number of fused-ring (bicyclic) bond motifs is 1. The highest BCUT2D eigenvalue weighted by Gasteiger charge is 2.69. The number of hydrogen-bond acceptors (Lipinski definition) is 2. The van der Waals surface area contributed by atoms with E-state index in [2.05, 4.69) is 10.3 Å². The summed E-state index contributed by atoms with van der Waals surface area (Å²) in [7, 11) is 1.78. The van der Waals surface area contributed by atoms with Gasteiger partial charge in [-0.3, -0.25) is 4.79 Å². The van der Waals surface area contributed by atoms with Crippen LogP contribution in [0.3, 0.4) is 0 Å². The van der Waals surface area contributed by atoms with Crippen LogP contribution >= 0.6 is 11.6 Å². The average molecular weight is 294 g/mol. The molecule has 0 spiro atoms. The van der Waals surface area contributed by atoms with Gasteiger partial charge in [0.15, 0.2) is 5.15 Å². The maximum absolute atomic E-state index is 13.5. The Bertz CT molecular complexity index is 734. The second kappa shape index (κ2) is 3.52. The molecule has 3 aliphatic rings. The summed E-state index contributed by atoms with van der Waals surface area (Å²) in [6.07, 6.45) is 2.94. The summed E-state index contributed by atoms with van der Waals surface area (Å²) < 4.78 is 15.2. The molecule has 0 saturated heterocycles. The standard InChI is InChI=1S/C14H13ClFN3O/c1-19-9(4-8-2-3-17-11(15)10(8)19)12(20)18-14-5-13(16,6-14)7-14/h2-4H,5-7H2,1H3,(H,18,20). The average Bonchev–Trinajstić information content (AvgIpc) is 2.65. The van der Waals surface area contributed by atoms with Crippen LogP contribution in [0.4, 0.5) is 4.39 Å². The van der Waals surface area contributed by atoms with Gasteiger partial charge in [0.25, 0.3) is 5.91 Å². The summed E-state index contributed by atoms with van der Waals surface area (Å²) in [5, 5.41) is 4.20. The number of aromatic nitrogens is 2. The molecule has 6 heteroatoms. The van der Waals surface area contributed by atoms with E-state index in [0.717, 1.165) is 10.9 Å². The van der Waals surface area contributed by atoms with Gasteiger partial charge in [0.1, 0.15) is 11.4 Å². The third-order valence-corrected chi connectivity index (χ3v) is 4.75. The summed E-state index contributed by atoms with van der Waals surface area (Å²) in [6, 6.07) is 3.60. The van der Waals surface area contributed by atoms with Crippen LogP contribution in [-0.4, -0.2) is 26.7 Å². The molecule has 1 N–H and O–H groups in total. The molecule has 20 heavy (non-hydrogen) atoms. The fraction of sp³-hybridized carbons (Fsp3) is 0.429. The van der Waals surface area contributed by atoms with Crippen LogP contribution in [0.1, 0.15) is 29.8 Å². The Balaban J connectivity index is 1.67. The lowest BCUT2D eigenvalue weighted by Crippen LogP contribution is -2.76. The van der Waals surface area contributed by atoms with Crippen LogP contribution in [0.2, 0.25) is 5.15 Å². The maximum atomic E-state index is 13.5. The Morgan fingerprint density at radius 3 is 2.80 bits per heavy atom. The molecule has 3 saturated carbocycles. The Morgan fingerprint density at radius 1 is 1.50 bits per heavy atom. The molecular formula is C14H13ClFN3O. The fourth-order valence-electron chi connectivity index (χ4n) is 3.57. The zero-order valence-electron chi connectivity index (χ0n) is 10.9. The van der Waals surface area contributed by atoms with Gasteiger partial charge in [0, 0.05) is 43.4 Å². The minimum absolute atomic E-state index is 0.179. The van der Waals surface area contributed by atoms with Crippen LogP contribution in [0.15, 0.2) is 18.3 Å². The Hall–Kier alpha value is -1.62. The van der Waals surface area contributed by atoms with Crippen molar-refractivity contribution in [3.63, 3.8) is 0 Å². The van der Waals surface area contributed by atoms with E-state index in [4.69, 9.17) is 11.6 Å². The summed E-state index contributed by atoms with van der Waals surface area (Å²) in [5.41, 5.74) is -0.0737. The molecule has 104 valence electrons. The number of halogens is 2. The SMILES string of the molecule is Cn1c(C(=O)NC23CC(F)(C2)C3)cc2ccnc(Cl)c21. The minimum Gasteiger partial charge on any atom is -0.345 e. The number of nitrogens with zero attached hydrogens (tertiary/aromatic N) is 2. The topological polar surface area (TPSA) is 46.9 Å². The van der Waals surface area contributed by atoms with Gasteiger partial charge < -0.3 is 9.88 Å². The molecule has 3 fully saturated rings. The number of hydrogen-bond donors (Lipinski definition) is 1. The van der Waals surface area contributed by atoms with E-state index < -0.39 is 5.67 Å². The van der Waals surface area contributed by atoms with Crippen molar-refractivity contribution in [2.75, 3.05) is 0 Å². The Labute approximate surface area is 119 Å². The third kappa shape index (κ3) is 1.47. The normalized spacial score (nSPS) is 30.8. The number of nitrogens with one attached hydrogen (secondary N) is 1. The number of rotatable bonds is 2. The highest BCUT2D eigenvalue weighted by atomic mass is 35.5. The summed E-state index contributed by atoms with van der Waals surface area (Å²) in [4.78, 5) is 16.4. The largest absolute Gasteiger partial charge is 0.345 e. The second-order valence-corrected chi connectivity index (χ2v) is 6.40. The van der Waals surface area contributed by atoms with Crippen molar-refractivity contribution >= 4 is 28.4 Å². The van der Waals surface area contributed by atoms with Crippen LogP contribution in [0.5, 0.6) is 0 Å². The monoisotopic (exact) mass is 293 g/mol. The molecule has 0 radical (unpaired) electrons. The molecule has 0 atom stereocenters. The van der Waals surface area contributed by atoms with Gasteiger partial charge in [-0.05, 0) is 12.1 Å². The van der Waals surface area contributed by atoms with Gasteiger partial charge in [-0.15, -0.1) is 0 Å². The van der Waals surface area contributed by atoms with Crippen LogP contribution in [-0.2, 0) is 7.05 Å². The Morgan fingerprint density at radius 2 is 2.20 bits per heavy atom. The zero-order chi connectivity index (χ0) is 14.1. The van der Waals surface area contributed by atoms with Crippen LogP contribution in [0, 0.1) is 0 Å². The second-order valence-electron chi connectivity index (χ2n) is 6.04. The van der Waals surface area contributed by atoms with Crippen molar-refractivity contribution in [3.8, 4) is 0 Å². The number of amides is 1. The molecule has 0 aliphatic heterocycles. The quantitative estimate of drug-likeness (QED) is 0.865. The lowest BCUT2D eigenvalue weighted by molar-refractivity contribution is -0.162. The van der Waals surface area contributed by atoms with E-state index in [0.29, 0.717) is 30.1 Å². The molecule has 0 unspecified atom stereocenters. The smallest absolute Gasteiger partial charge is 0.268 e. The van der Waals surface area contributed by atoms with Gasteiger partial charge in [-0.1, -0.05) is 11.6 Å². The van der Waals surface area contributed by atoms with Crippen LogP contribution in [0.25, 0.3) is 10.9 Å². The zero-order valence-corrected chi connectivity index (χ0v) is 11.7. The lowest BCUT2D eigenvalue weighted by Gasteiger charge is -2.65. The van der Waals surface area contributed by atoms with E-state index in [1.165, 1.54) is 0 Å². The van der Waals surface area contributed by atoms with E-state index in [1.807, 2.05) is 6.07 Å². The molecule has 5 rings (SSSR count). The van der Waals surface area contributed by atoms with Crippen molar-refractivity contribution in [2.24, 2.45) is 7.05 Å². The van der Waals surface area contributed by atoms with E-state index >= 15 is 0 Å². The predicted molar refractivity (Wildman–Crippen MR) is 73.6 cm³/mol. The minimum atomic E-state index is -1.01. The molecule has 0 aromatic carbocycles. The first-order chi connectivity index (χ1) is 9.41. The first kappa shape index (κ1) is 12.1. The molecule has 1 amide bonds. The van der Waals surface area contributed by atoms with Gasteiger partial charge in [0.2, 0.25) is 0 Å². The van der Waals surface area contributed by atoms with Gasteiger partial charge >= 0.3 is 0 Å². The van der Waals surface area contributed by atoms with E-state index in [1.54, 1.807) is 23.9 Å². The number of aryl methyl sites for hydroxylation is 1. The predicted octanol–water partition coefficient (Wildman–Crippen LogP) is 2.60. The number of alkyl halides is 1. The van der Waals surface area contributed by atoms with Gasteiger partial charge in [0.05, 0.1) is 5.52 Å². The summed E-state index contributed by atoms with van der Waals surface area (Å²) in [5.74, 6) is -0.179. The molecule has 2 aromatic heterocycles. The van der Waals surface area contributed by atoms with Crippen molar-refractivity contribution < 1.29 is 9.18 Å². The Kier molecular flexibility index (Phi) is 2.14. The molecule has 2 heterocycles. The first-order valence-corrected chi connectivity index (χ1v) is 6.91. The van der Waals surface area contributed by atoms with Crippen molar-refractivity contribution in [1.82, 2.24) is 14.9 Å². The van der Waals surface area contributed by atoms with Crippen molar-refractivity contribution in [3.05, 3.63) is 29.2 Å². The maximum Gasteiger partial charge on any atom is 0.268 e. The third-order valence-electron chi connectivity index (χ3n) is 4.48. The molecule has 2 bridgehead atoms. The lowest BCUT2D eigenvalue weighted by atomic mass is 9.47. The fourth-order valence-corrected chi connectivity index (χ4v) is 3.87. The van der Waals surface area contributed by atoms with Crippen LogP contribution < -0.4 is 5.32 Å². The van der Waals surface area contributed by atoms with Crippen molar-refractivity contribution in [1.29, 1.82) is 0 Å². The summed E-state index contributed by atoms with van der Waals surface area (Å²) >= 11 is 6.06. The van der Waals surface area contributed by atoms with E-state index in [9.17, 15) is 9.18 Å². The van der Waals surface area contributed by atoms with E-state index in [-0.39, 0.29) is 11.4 Å². The molecular weight excluding hydrogens is 281 g/mol. The highest BCUT2D eigenvalue weighted by molar-refractivity contribution is 6.34. The first-order valence-electron chi connectivity index (χ1n) is 6.53. The molecule has 4 nitrogen and oxygen atoms in total. The number of carbonyl (C=O) groups is 1. The highest BCUT2D eigenvalue weighted by Crippen LogP contribution is 2.62. The molecule has 3 aliphatic carbocycles. The summed E-state index contributed by atoms with van der Waals surface area (Å²) in [6.45, 7) is 0. The van der Waals surface area contributed by atoms with Crippen molar-refractivity contribution in [2.45, 2.75) is 30.5 Å². The van der Waals surface area contributed by atoms with Gasteiger partial charge in [-0.2, -0.15) is 0 Å². The number of pyridine rings is 1. The number of carbonyl (C=O) groups excluding carboxylic acids is 1. The van der Waals surface area contributed by atoms with Gasteiger partial charge in [-0.25, -0.2) is 9.37 Å².